The van der Waals surface area contributed by atoms with Gasteiger partial charge in [0, 0.05) is 17.0 Å². The highest BCUT2D eigenvalue weighted by molar-refractivity contribution is 14.1. The highest BCUT2D eigenvalue weighted by Gasteiger charge is 2.26. The van der Waals surface area contributed by atoms with Gasteiger partial charge < -0.3 is 9.64 Å². The molecular weight excluding hydrogens is 336 g/mol. The molecule has 0 saturated heterocycles. The topological polar surface area (TPSA) is 29.5 Å². The molecule has 1 aliphatic rings. The number of rotatable bonds is 3. The van der Waals surface area contributed by atoms with Crippen LogP contribution in [-0.4, -0.2) is 23.5 Å². The molecule has 5 heteroatoms. The van der Waals surface area contributed by atoms with E-state index >= 15 is 0 Å². The molecule has 0 aromatic heterocycles. The summed E-state index contributed by atoms with van der Waals surface area (Å²) in [4.78, 5) is 13.5. The van der Waals surface area contributed by atoms with Crippen molar-refractivity contribution >= 4 is 34.2 Å². The highest BCUT2D eigenvalue weighted by atomic mass is 127. The number of hydrogen-bond acceptors (Lipinski definition) is 2. The predicted octanol–water partition coefficient (Wildman–Crippen LogP) is 2.62. The zero-order valence-electron chi connectivity index (χ0n) is 9.45. The lowest BCUT2D eigenvalue weighted by Crippen LogP contribution is -2.41. The third kappa shape index (κ3) is 2.70. The molecule has 3 nitrogen and oxygen atoms in total. The summed E-state index contributed by atoms with van der Waals surface area (Å²) in [5, 5.41) is 0. The van der Waals surface area contributed by atoms with Gasteiger partial charge in [0.1, 0.15) is 11.6 Å². The van der Waals surface area contributed by atoms with E-state index in [0.29, 0.717) is 23.9 Å². The van der Waals surface area contributed by atoms with Crippen LogP contribution in [0.3, 0.4) is 0 Å². The molecule has 2 rings (SSSR count). The molecule has 0 bridgehead atoms. The van der Waals surface area contributed by atoms with E-state index in [1.54, 1.807) is 11.0 Å². The van der Waals surface area contributed by atoms with Gasteiger partial charge in [0.2, 0.25) is 0 Å². The lowest BCUT2D eigenvalue weighted by atomic mass is 10.1. The maximum atomic E-state index is 13.1. The largest absolute Gasteiger partial charge is 0.481 e. The van der Waals surface area contributed by atoms with Crippen LogP contribution < -0.4 is 9.64 Å². The molecule has 1 amide bonds. The van der Waals surface area contributed by atoms with Gasteiger partial charge in [-0.2, -0.15) is 0 Å². The molecule has 0 radical (unpaired) electrons. The number of anilines is 1. The van der Waals surface area contributed by atoms with E-state index in [4.69, 9.17) is 4.74 Å². The Bertz CT molecular complexity index is 439. The van der Waals surface area contributed by atoms with Crippen molar-refractivity contribution in [3.05, 3.63) is 24.0 Å². The second-order valence-corrected chi connectivity index (χ2v) is 5.05. The minimum Gasteiger partial charge on any atom is -0.481 e. The van der Waals surface area contributed by atoms with Crippen LogP contribution in [0, 0.1) is 11.7 Å². The van der Waals surface area contributed by atoms with Gasteiger partial charge in [0.25, 0.3) is 5.91 Å². The lowest BCUT2D eigenvalue weighted by Gasteiger charge is -2.31. The zero-order valence-corrected chi connectivity index (χ0v) is 11.6. The molecule has 1 atom stereocenters. The first-order chi connectivity index (χ1) is 8.11. The second kappa shape index (κ2) is 5.20. The van der Waals surface area contributed by atoms with Gasteiger partial charge in [-0.05, 0) is 18.1 Å². The first kappa shape index (κ1) is 12.6. The second-order valence-electron chi connectivity index (χ2n) is 4.16. The van der Waals surface area contributed by atoms with Crippen molar-refractivity contribution in [1.29, 1.82) is 0 Å². The fraction of sp³-hybridized carbons (Fsp3) is 0.417. The van der Waals surface area contributed by atoms with E-state index in [1.165, 1.54) is 12.1 Å². The number of halogens is 2. The SMILES string of the molecule is CC(CI)CN1C(=O)COc2cc(F)ccc21. The maximum absolute atomic E-state index is 13.1. The molecule has 0 aliphatic carbocycles. The van der Waals surface area contributed by atoms with Crippen molar-refractivity contribution in [2.45, 2.75) is 6.92 Å². The summed E-state index contributed by atoms with van der Waals surface area (Å²) < 4.78 is 19.3. The van der Waals surface area contributed by atoms with Crippen molar-refractivity contribution < 1.29 is 13.9 Å². The van der Waals surface area contributed by atoms with E-state index in [9.17, 15) is 9.18 Å². The van der Waals surface area contributed by atoms with Crippen LogP contribution >= 0.6 is 22.6 Å². The molecule has 1 heterocycles. The molecular formula is C12H13FINO2. The van der Waals surface area contributed by atoms with Gasteiger partial charge in [0.15, 0.2) is 6.61 Å². The normalized spacial score (nSPS) is 16.4. The molecule has 0 fully saturated rings. The number of amides is 1. The number of hydrogen-bond donors (Lipinski definition) is 0. The summed E-state index contributed by atoms with van der Waals surface area (Å²) >= 11 is 2.29. The third-order valence-corrected chi connectivity index (χ3v) is 4.13. The highest BCUT2D eigenvalue weighted by Crippen LogP contribution is 2.33. The lowest BCUT2D eigenvalue weighted by molar-refractivity contribution is -0.121. The fourth-order valence-electron chi connectivity index (χ4n) is 1.74. The van der Waals surface area contributed by atoms with Crippen LogP contribution in [0.2, 0.25) is 0 Å². The van der Waals surface area contributed by atoms with Crippen LogP contribution in [0.4, 0.5) is 10.1 Å². The Morgan fingerprint density at radius 3 is 3.06 bits per heavy atom. The predicted molar refractivity (Wildman–Crippen MR) is 72.3 cm³/mol. The molecule has 92 valence electrons. The summed E-state index contributed by atoms with van der Waals surface area (Å²) in [6.07, 6.45) is 0. The van der Waals surface area contributed by atoms with Gasteiger partial charge in [-0.1, -0.05) is 29.5 Å². The minimum absolute atomic E-state index is 0.00950. The molecule has 0 saturated carbocycles. The summed E-state index contributed by atoms with van der Waals surface area (Å²) in [7, 11) is 0. The quantitative estimate of drug-likeness (QED) is 0.620. The van der Waals surface area contributed by atoms with Gasteiger partial charge in [-0.3, -0.25) is 4.79 Å². The smallest absolute Gasteiger partial charge is 0.265 e. The van der Waals surface area contributed by atoms with Gasteiger partial charge in [0.05, 0.1) is 5.69 Å². The van der Waals surface area contributed by atoms with Crippen LogP contribution in [-0.2, 0) is 4.79 Å². The van der Waals surface area contributed by atoms with Crippen LogP contribution in [0.1, 0.15) is 6.92 Å². The Balaban J connectivity index is 2.30. The fourth-order valence-corrected chi connectivity index (χ4v) is 2.02. The summed E-state index contributed by atoms with van der Waals surface area (Å²) in [5.74, 6) is 0.432. The van der Waals surface area contributed by atoms with E-state index < -0.39 is 0 Å². The average Bonchev–Trinajstić information content (AvgIpc) is 2.32. The molecule has 0 N–H and O–H groups in total. The molecule has 1 aliphatic heterocycles. The monoisotopic (exact) mass is 349 g/mol. The standard InChI is InChI=1S/C12H13FINO2/c1-8(5-14)6-15-10-3-2-9(13)4-11(10)17-7-12(15)16/h2-4,8H,5-7H2,1H3. The van der Waals surface area contributed by atoms with Crippen molar-refractivity contribution in [3.63, 3.8) is 0 Å². The Hall–Kier alpha value is -0.850. The van der Waals surface area contributed by atoms with E-state index in [-0.39, 0.29) is 18.3 Å². The van der Waals surface area contributed by atoms with Crippen molar-refractivity contribution in [3.8, 4) is 5.75 Å². The number of carbonyl (C=O) groups is 1. The molecule has 0 spiro atoms. The first-order valence-corrected chi connectivity index (χ1v) is 6.93. The van der Waals surface area contributed by atoms with Gasteiger partial charge in [-0.15, -0.1) is 0 Å². The number of ether oxygens (including phenoxy) is 1. The Morgan fingerprint density at radius 1 is 1.59 bits per heavy atom. The Kier molecular flexibility index (Phi) is 3.86. The molecule has 17 heavy (non-hydrogen) atoms. The van der Waals surface area contributed by atoms with Crippen molar-refractivity contribution in [2.24, 2.45) is 5.92 Å². The molecule has 1 aromatic rings. The zero-order chi connectivity index (χ0) is 12.4. The van der Waals surface area contributed by atoms with Gasteiger partial charge >= 0.3 is 0 Å². The summed E-state index contributed by atoms with van der Waals surface area (Å²) in [6.45, 7) is 2.71. The Labute approximate surface area is 113 Å². The van der Waals surface area contributed by atoms with E-state index in [1.807, 2.05) is 0 Å². The van der Waals surface area contributed by atoms with Crippen LogP contribution in [0.15, 0.2) is 18.2 Å². The number of carbonyl (C=O) groups excluding carboxylic acids is 1. The molecule has 1 unspecified atom stereocenters. The first-order valence-electron chi connectivity index (χ1n) is 5.40. The van der Waals surface area contributed by atoms with Crippen molar-refractivity contribution in [2.75, 3.05) is 22.5 Å². The third-order valence-electron chi connectivity index (χ3n) is 2.62. The van der Waals surface area contributed by atoms with Crippen LogP contribution in [0.5, 0.6) is 5.75 Å². The van der Waals surface area contributed by atoms with Gasteiger partial charge in [-0.25, -0.2) is 4.39 Å². The number of alkyl halides is 1. The number of fused-ring (bicyclic) bond motifs is 1. The summed E-state index contributed by atoms with van der Waals surface area (Å²) in [5.41, 5.74) is 0.666. The van der Waals surface area contributed by atoms with Crippen LogP contribution in [0.25, 0.3) is 0 Å². The van der Waals surface area contributed by atoms with Crippen molar-refractivity contribution in [1.82, 2.24) is 0 Å². The maximum Gasteiger partial charge on any atom is 0.265 e. The Morgan fingerprint density at radius 2 is 2.35 bits per heavy atom. The van der Waals surface area contributed by atoms with E-state index in [2.05, 4.69) is 29.5 Å². The number of benzene rings is 1. The minimum atomic E-state index is -0.347. The summed E-state index contributed by atoms with van der Waals surface area (Å²) in [6, 6.07) is 4.27. The van der Waals surface area contributed by atoms with E-state index in [0.717, 1.165) is 4.43 Å². The average molecular weight is 349 g/mol. The molecule has 1 aromatic carbocycles. The number of nitrogens with zero attached hydrogens (tertiary/aromatic N) is 1.